The molecule has 0 radical (unpaired) electrons. The number of aliphatic hydroxyl groups excluding tert-OH is 1. The van der Waals surface area contributed by atoms with Crippen molar-refractivity contribution < 1.29 is 18.1 Å². The van der Waals surface area contributed by atoms with E-state index in [9.17, 15) is 18.1 Å². The number of aliphatic hydroxyl groups is 1. The van der Waals surface area contributed by atoms with E-state index in [-0.39, 0.29) is 6.10 Å². The second-order valence-electron chi connectivity index (χ2n) is 8.66. The van der Waals surface area contributed by atoms with Crippen LogP contribution in [0.1, 0.15) is 136 Å². The molecule has 170 valence electrons. The molecule has 0 rings (SSSR count). The number of rotatable bonds is 21. The van der Waals surface area contributed by atoms with E-state index in [0.29, 0.717) is 12.8 Å². The summed E-state index contributed by atoms with van der Waals surface area (Å²) in [6, 6.07) is 0. The van der Waals surface area contributed by atoms with Crippen LogP contribution < -0.4 is 0 Å². The molecule has 4 nitrogen and oxygen atoms in total. The molecule has 0 spiro atoms. The van der Waals surface area contributed by atoms with Crippen LogP contribution in [0.25, 0.3) is 0 Å². The average molecular weight is 421 g/mol. The zero-order chi connectivity index (χ0) is 21.1. The summed E-state index contributed by atoms with van der Waals surface area (Å²) in [5.41, 5.74) is 0. The number of hydrogen-bond acceptors (Lipinski definition) is 3. The van der Waals surface area contributed by atoms with Crippen molar-refractivity contribution >= 4 is 10.1 Å². The van der Waals surface area contributed by atoms with E-state index in [1.807, 2.05) is 6.92 Å². The first-order valence-corrected chi connectivity index (χ1v) is 13.5. The second kappa shape index (κ2) is 18.9. The quantitative estimate of drug-likeness (QED) is 0.154. The van der Waals surface area contributed by atoms with E-state index in [1.54, 1.807) is 0 Å². The van der Waals surface area contributed by atoms with E-state index < -0.39 is 15.4 Å². The van der Waals surface area contributed by atoms with Gasteiger partial charge in [0.25, 0.3) is 10.1 Å². The molecule has 2 N–H and O–H groups in total. The van der Waals surface area contributed by atoms with E-state index in [2.05, 4.69) is 6.92 Å². The Hall–Kier alpha value is -0.130. The molecule has 0 saturated heterocycles. The molecule has 0 aliphatic carbocycles. The van der Waals surface area contributed by atoms with Crippen LogP contribution in [0.4, 0.5) is 0 Å². The minimum absolute atomic E-state index is 0.192. The highest BCUT2D eigenvalue weighted by atomic mass is 32.2. The first-order valence-electron chi connectivity index (χ1n) is 12.0. The van der Waals surface area contributed by atoms with Crippen molar-refractivity contribution in [3.05, 3.63) is 0 Å². The zero-order valence-electron chi connectivity index (χ0n) is 18.7. The predicted molar refractivity (Wildman–Crippen MR) is 120 cm³/mol. The Balaban J connectivity index is 3.67. The highest BCUT2D eigenvalue weighted by Gasteiger charge is 2.21. The average Bonchev–Trinajstić information content (AvgIpc) is 2.62. The maximum atomic E-state index is 11.6. The van der Waals surface area contributed by atoms with Gasteiger partial charge in [0.15, 0.2) is 0 Å². The van der Waals surface area contributed by atoms with Gasteiger partial charge < -0.3 is 5.11 Å². The minimum atomic E-state index is -3.91. The van der Waals surface area contributed by atoms with Crippen LogP contribution in [0.15, 0.2) is 0 Å². The minimum Gasteiger partial charge on any atom is -0.393 e. The van der Waals surface area contributed by atoms with Gasteiger partial charge in [0.2, 0.25) is 0 Å². The van der Waals surface area contributed by atoms with E-state index >= 15 is 0 Å². The Morgan fingerprint density at radius 3 is 1.25 bits per heavy atom. The predicted octanol–water partition coefficient (Wildman–Crippen LogP) is 7.06. The molecule has 0 aromatic carbocycles. The fraction of sp³-hybridized carbons (Fsp3) is 1.00. The van der Waals surface area contributed by atoms with Crippen molar-refractivity contribution in [1.82, 2.24) is 0 Å². The molecule has 5 heteroatoms. The second-order valence-corrected chi connectivity index (χ2v) is 10.4. The van der Waals surface area contributed by atoms with Crippen molar-refractivity contribution in [2.75, 3.05) is 0 Å². The normalized spacial score (nSPS) is 14.3. The molecule has 0 fully saturated rings. The topological polar surface area (TPSA) is 74.6 Å². The van der Waals surface area contributed by atoms with Crippen LogP contribution in [0, 0.1) is 0 Å². The first kappa shape index (κ1) is 27.9. The van der Waals surface area contributed by atoms with Gasteiger partial charge >= 0.3 is 0 Å². The Labute approximate surface area is 175 Å². The Morgan fingerprint density at radius 2 is 0.929 bits per heavy atom. The molecular weight excluding hydrogens is 372 g/mol. The lowest BCUT2D eigenvalue weighted by Crippen LogP contribution is -2.20. The summed E-state index contributed by atoms with van der Waals surface area (Å²) in [7, 11) is -3.91. The molecule has 0 saturated carbocycles. The van der Waals surface area contributed by atoms with Crippen molar-refractivity contribution in [2.24, 2.45) is 0 Å². The molecule has 2 atom stereocenters. The van der Waals surface area contributed by atoms with E-state index in [1.165, 1.54) is 57.8 Å². The fourth-order valence-electron chi connectivity index (χ4n) is 3.82. The van der Waals surface area contributed by atoms with Crippen molar-refractivity contribution in [3.63, 3.8) is 0 Å². The van der Waals surface area contributed by atoms with Gasteiger partial charge in [0.1, 0.15) is 0 Å². The number of unbranched alkanes of at least 4 members (excludes halogenated alkanes) is 14. The highest BCUT2D eigenvalue weighted by molar-refractivity contribution is 7.86. The lowest BCUT2D eigenvalue weighted by atomic mass is 10.0. The van der Waals surface area contributed by atoms with Crippen LogP contribution >= 0.6 is 0 Å². The monoisotopic (exact) mass is 420 g/mol. The number of hydrogen-bond donors (Lipinski definition) is 2. The summed E-state index contributed by atoms with van der Waals surface area (Å²) >= 11 is 0. The lowest BCUT2D eigenvalue weighted by Gasteiger charge is -2.13. The summed E-state index contributed by atoms with van der Waals surface area (Å²) in [5.74, 6) is 0. The van der Waals surface area contributed by atoms with Crippen LogP contribution in [0.3, 0.4) is 0 Å². The van der Waals surface area contributed by atoms with Crippen molar-refractivity contribution in [3.8, 4) is 0 Å². The summed E-state index contributed by atoms with van der Waals surface area (Å²) in [5, 5.41) is 8.65. The van der Waals surface area contributed by atoms with Crippen LogP contribution in [0.5, 0.6) is 0 Å². The first-order chi connectivity index (χ1) is 13.4. The van der Waals surface area contributed by atoms with Gasteiger partial charge in [-0.05, 0) is 26.2 Å². The summed E-state index contributed by atoms with van der Waals surface area (Å²) in [6.45, 7) is 4.06. The van der Waals surface area contributed by atoms with Gasteiger partial charge in [-0.15, -0.1) is 0 Å². The summed E-state index contributed by atoms with van der Waals surface area (Å²) in [4.78, 5) is 0. The molecule has 28 heavy (non-hydrogen) atoms. The standard InChI is InChI=1S/C23H48O4S/c1-3-4-5-6-7-8-11-14-17-20-23(28(25,26)27)21-18-15-12-9-10-13-16-19-22(2)24/h22-24H,3-21H2,1-2H3,(H,25,26,27). The maximum absolute atomic E-state index is 11.6. The smallest absolute Gasteiger partial charge is 0.267 e. The molecule has 0 heterocycles. The highest BCUT2D eigenvalue weighted by Crippen LogP contribution is 2.19. The Morgan fingerprint density at radius 1 is 0.607 bits per heavy atom. The van der Waals surface area contributed by atoms with Gasteiger partial charge in [-0.3, -0.25) is 4.55 Å². The SMILES string of the molecule is CCCCCCCCCCCC(CCCCCCCCCC(C)O)S(=O)(=O)O. The van der Waals surface area contributed by atoms with E-state index in [4.69, 9.17) is 0 Å². The lowest BCUT2D eigenvalue weighted by molar-refractivity contribution is 0.180. The fourth-order valence-corrected chi connectivity index (χ4v) is 4.75. The third-order valence-electron chi connectivity index (χ3n) is 5.70. The maximum Gasteiger partial charge on any atom is 0.267 e. The van der Waals surface area contributed by atoms with E-state index in [0.717, 1.165) is 51.4 Å². The molecule has 0 amide bonds. The van der Waals surface area contributed by atoms with Gasteiger partial charge in [-0.25, -0.2) is 0 Å². The van der Waals surface area contributed by atoms with Gasteiger partial charge in [-0.1, -0.05) is 110 Å². The van der Waals surface area contributed by atoms with Gasteiger partial charge in [0, 0.05) is 0 Å². The molecule has 2 unspecified atom stereocenters. The molecule has 0 aromatic rings. The third-order valence-corrected chi connectivity index (χ3v) is 7.01. The third kappa shape index (κ3) is 19.2. The molecule has 0 aromatic heterocycles. The van der Waals surface area contributed by atoms with Crippen LogP contribution in [-0.2, 0) is 10.1 Å². The molecule has 0 bridgehead atoms. The van der Waals surface area contributed by atoms with Crippen LogP contribution in [0.2, 0.25) is 0 Å². The van der Waals surface area contributed by atoms with Crippen molar-refractivity contribution in [1.29, 1.82) is 0 Å². The Bertz CT molecular complexity index is 420. The van der Waals surface area contributed by atoms with Crippen molar-refractivity contribution in [2.45, 2.75) is 147 Å². The summed E-state index contributed by atoms with van der Waals surface area (Å²) < 4.78 is 32.7. The zero-order valence-corrected chi connectivity index (χ0v) is 19.5. The van der Waals surface area contributed by atoms with Gasteiger partial charge in [0.05, 0.1) is 11.4 Å². The van der Waals surface area contributed by atoms with Gasteiger partial charge in [-0.2, -0.15) is 8.42 Å². The largest absolute Gasteiger partial charge is 0.393 e. The summed E-state index contributed by atoms with van der Waals surface area (Å²) in [6.07, 6.45) is 20.5. The molecule has 0 aliphatic rings. The Kier molecular flexibility index (Phi) is 18.8. The van der Waals surface area contributed by atoms with Crippen LogP contribution in [-0.4, -0.2) is 29.4 Å². The molecule has 0 aliphatic heterocycles. The molecular formula is C23H48O4S.